The van der Waals surface area contributed by atoms with Gasteiger partial charge in [-0.3, -0.25) is 9.69 Å². The zero-order chi connectivity index (χ0) is 18.8. The van der Waals surface area contributed by atoms with Gasteiger partial charge < -0.3 is 9.84 Å². The van der Waals surface area contributed by atoms with E-state index in [9.17, 15) is 19.2 Å². The van der Waals surface area contributed by atoms with Gasteiger partial charge >= 0.3 is 18.0 Å². The van der Waals surface area contributed by atoms with Crippen molar-refractivity contribution in [2.75, 3.05) is 23.5 Å². The fourth-order valence-electron chi connectivity index (χ4n) is 2.63. The summed E-state index contributed by atoms with van der Waals surface area (Å²) in [4.78, 5) is 49.7. The van der Waals surface area contributed by atoms with Crippen LogP contribution in [0.25, 0.3) is 0 Å². The lowest BCUT2D eigenvalue weighted by atomic mass is 10.2. The van der Waals surface area contributed by atoms with Crippen LogP contribution in [0.15, 0.2) is 48.5 Å². The number of aromatic carboxylic acids is 1. The summed E-state index contributed by atoms with van der Waals surface area (Å²) in [6.07, 6.45) is 0. The third-order valence-electron chi connectivity index (χ3n) is 3.92. The molecule has 2 aromatic rings. The number of carbonyl (C=O) groups excluding carboxylic acids is 3. The van der Waals surface area contributed by atoms with Crippen LogP contribution in [0.5, 0.6) is 0 Å². The molecule has 132 valence electrons. The monoisotopic (exact) mass is 354 g/mol. The average molecular weight is 354 g/mol. The Bertz CT molecular complexity index is 906. The molecule has 0 unspecified atom stereocenters. The number of carbonyl (C=O) groups is 4. The van der Waals surface area contributed by atoms with E-state index in [1.807, 2.05) is 0 Å². The van der Waals surface area contributed by atoms with Gasteiger partial charge in [-0.1, -0.05) is 6.07 Å². The number of benzene rings is 2. The zero-order valence-corrected chi connectivity index (χ0v) is 13.7. The van der Waals surface area contributed by atoms with Crippen LogP contribution in [0.1, 0.15) is 20.7 Å². The van der Waals surface area contributed by atoms with Crippen LogP contribution in [0, 0.1) is 0 Å². The molecule has 0 radical (unpaired) electrons. The Balaban J connectivity index is 1.88. The summed E-state index contributed by atoms with van der Waals surface area (Å²) >= 11 is 0. The Morgan fingerprint density at radius 3 is 2.31 bits per heavy atom. The molecule has 0 bridgehead atoms. The van der Waals surface area contributed by atoms with Crippen molar-refractivity contribution < 1.29 is 29.0 Å². The minimum atomic E-state index is -1.15. The van der Waals surface area contributed by atoms with Gasteiger partial charge in [0.1, 0.15) is 6.54 Å². The molecule has 0 saturated carbocycles. The van der Waals surface area contributed by atoms with E-state index in [1.54, 1.807) is 0 Å². The first-order valence-corrected chi connectivity index (χ1v) is 7.58. The predicted molar refractivity (Wildman–Crippen MR) is 91.4 cm³/mol. The lowest BCUT2D eigenvalue weighted by molar-refractivity contribution is -0.115. The van der Waals surface area contributed by atoms with Crippen LogP contribution in [0.3, 0.4) is 0 Å². The third kappa shape index (κ3) is 3.00. The molecule has 0 spiro atoms. The number of methoxy groups -OCH3 is 1. The number of hydrogen-bond acceptors (Lipinski definition) is 5. The van der Waals surface area contributed by atoms with E-state index in [1.165, 1.54) is 60.5 Å². The highest BCUT2D eigenvalue weighted by Crippen LogP contribution is 2.27. The maximum atomic E-state index is 12.7. The van der Waals surface area contributed by atoms with E-state index in [0.717, 1.165) is 4.90 Å². The van der Waals surface area contributed by atoms with E-state index in [4.69, 9.17) is 5.11 Å². The molecule has 1 saturated heterocycles. The number of carboxylic acid groups (broad SMARTS) is 1. The summed E-state index contributed by atoms with van der Waals surface area (Å²) in [5.74, 6) is -2.14. The molecule has 2 aromatic carbocycles. The van der Waals surface area contributed by atoms with Gasteiger partial charge in [-0.25, -0.2) is 19.3 Å². The SMILES string of the molecule is COC(=O)c1ccc(N2CC(=O)N(c3cccc(C(=O)O)c3)C2=O)cc1. The molecule has 8 heteroatoms. The molecule has 8 nitrogen and oxygen atoms in total. The Labute approximate surface area is 148 Å². The van der Waals surface area contributed by atoms with Crippen LogP contribution in [-0.4, -0.2) is 42.6 Å². The van der Waals surface area contributed by atoms with Gasteiger partial charge in [0.25, 0.3) is 5.91 Å². The molecule has 1 fully saturated rings. The van der Waals surface area contributed by atoms with Gasteiger partial charge in [-0.05, 0) is 42.5 Å². The highest BCUT2D eigenvalue weighted by atomic mass is 16.5. The fourth-order valence-corrected chi connectivity index (χ4v) is 2.63. The van der Waals surface area contributed by atoms with E-state index < -0.39 is 23.9 Å². The second-order valence-corrected chi connectivity index (χ2v) is 5.49. The summed E-state index contributed by atoms with van der Waals surface area (Å²) < 4.78 is 4.62. The third-order valence-corrected chi connectivity index (χ3v) is 3.92. The van der Waals surface area contributed by atoms with Gasteiger partial charge in [0, 0.05) is 5.69 Å². The molecule has 1 aliphatic heterocycles. The first-order chi connectivity index (χ1) is 12.4. The number of urea groups is 1. The van der Waals surface area contributed by atoms with Crippen molar-refractivity contribution in [3.05, 3.63) is 59.7 Å². The lowest BCUT2D eigenvalue weighted by Gasteiger charge is -2.17. The van der Waals surface area contributed by atoms with Crippen LogP contribution in [0.4, 0.5) is 16.2 Å². The van der Waals surface area contributed by atoms with E-state index >= 15 is 0 Å². The molecule has 1 N–H and O–H groups in total. The first-order valence-electron chi connectivity index (χ1n) is 7.58. The summed E-state index contributed by atoms with van der Waals surface area (Å²) in [5.41, 5.74) is 0.922. The molecular formula is C18H14N2O6. The Kier molecular flexibility index (Phi) is 4.40. The smallest absolute Gasteiger partial charge is 0.337 e. The number of nitrogens with zero attached hydrogens (tertiary/aromatic N) is 2. The van der Waals surface area contributed by atoms with Gasteiger partial charge in [-0.2, -0.15) is 0 Å². The van der Waals surface area contributed by atoms with E-state index in [0.29, 0.717) is 11.3 Å². The number of imide groups is 1. The second-order valence-electron chi connectivity index (χ2n) is 5.49. The lowest BCUT2D eigenvalue weighted by Crippen LogP contribution is -2.33. The molecule has 0 aromatic heterocycles. The summed E-state index contributed by atoms with van der Waals surface area (Å²) in [5, 5.41) is 9.07. The van der Waals surface area contributed by atoms with Crippen molar-refractivity contribution >= 4 is 35.3 Å². The second kappa shape index (κ2) is 6.67. The molecule has 0 atom stereocenters. The van der Waals surface area contributed by atoms with Crippen LogP contribution in [-0.2, 0) is 9.53 Å². The highest BCUT2D eigenvalue weighted by molar-refractivity contribution is 6.27. The van der Waals surface area contributed by atoms with E-state index in [2.05, 4.69) is 4.74 Å². The Morgan fingerprint density at radius 1 is 1.00 bits per heavy atom. The van der Waals surface area contributed by atoms with E-state index in [-0.39, 0.29) is 17.8 Å². The minimum Gasteiger partial charge on any atom is -0.478 e. The molecule has 3 rings (SSSR count). The molecule has 3 amide bonds. The van der Waals surface area contributed by atoms with Crippen LogP contribution >= 0.6 is 0 Å². The average Bonchev–Trinajstić information content (AvgIpc) is 2.95. The van der Waals surface area contributed by atoms with Crippen LogP contribution in [0.2, 0.25) is 0 Å². The summed E-state index contributed by atoms with van der Waals surface area (Å²) in [6, 6.07) is 11.1. The molecule has 26 heavy (non-hydrogen) atoms. The number of ether oxygens (including phenoxy) is 1. The standard InChI is InChI=1S/C18H14N2O6/c1-26-17(24)11-5-7-13(8-6-11)19-10-15(21)20(18(19)25)14-4-2-3-12(9-14)16(22)23/h2-9H,10H2,1H3,(H,22,23). The number of amides is 3. The summed E-state index contributed by atoms with van der Waals surface area (Å²) in [7, 11) is 1.27. The van der Waals surface area contributed by atoms with Gasteiger partial charge in [0.15, 0.2) is 0 Å². The number of carboxylic acids is 1. The van der Waals surface area contributed by atoms with Crippen molar-refractivity contribution in [1.29, 1.82) is 0 Å². The largest absolute Gasteiger partial charge is 0.478 e. The quantitative estimate of drug-likeness (QED) is 0.666. The first kappa shape index (κ1) is 17.2. The summed E-state index contributed by atoms with van der Waals surface area (Å²) in [6.45, 7) is -0.187. The number of esters is 1. The van der Waals surface area contributed by atoms with Crippen molar-refractivity contribution in [2.45, 2.75) is 0 Å². The Morgan fingerprint density at radius 2 is 1.69 bits per heavy atom. The predicted octanol–water partition coefficient (Wildman–Crippen LogP) is 2.14. The fraction of sp³-hybridized carbons (Fsp3) is 0.111. The zero-order valence-electron chi connectivity index (χ0n) is 13.7. The van der Waals surface area contributed by atoms with Gasteiger partial charge in [-0.15, -0.1) is 0 Å². The number of rotatable bonds is 4. The molecule has 1 aliphatic rings. The van der Waals surface area contributed by atoms with Crippen molar-refractivity contribution in [2.24, 2.45) is 0 Å². The maximum absolute atomic E-state index is 12.7. The molecule has 0 aliphatic carbocycles. The highest BCUT2D eigenvalue weighted by Gasteiger charge is 2.38. The number of hydrogen-bond donors (Lipinski definition) is 1. The van der Waals surface area contributed by atoms with Gasteiger partial charge in [0.2, 0.25) is 0 Å². The topological polar surface area (TPSA) is 104 Å². The normalized spacial score (nSPS) is 13.9. The number of anilines is 2. The van der Waals surface area contributed by atoms with Crippen LogP contribution < -0.4 is 9.80 Å². The Hall–Kier alpha value is -3.68. The minimum absolute atomic E-state index is 0.0241. The van der Waals surface area contributed by atoms with Crippen molar-refractivity contribution in [3.63, 3.8) is 0 Å². The molecular weight excluding hydrogens is 340 g/mol. The van der Waals surface area contributed by atoms with Crippen molar-refractivity contribution in [3.8, 4) is 0 Å². The van der Waals surface area contributed by atoms with Crippen molar-refractivity contribution in [1.82, 2.24) is 0 Å². The molecule has 1 heterocycles. The maximum Gasteiger partial charge on any atom is 0.337 e. The van der Waals surface area contributed by atoms with Gasteiger partial charge in [0.05, 0.1) is 23.9 Å².